The first-order chi connectivity index (χ1) is 19.7. The molecule has 0 saturated carbocycles. The number of amides is 2. The van der Waals surface area contributed by atoms with Crippen molar-refractivity contribution in [1.82, 2.24) is 14.8 Å². The molecule has 7 nitrogen and oxygen atoms in total. The van der Waals surface area contributed by atoms with E-state index < -0.39 is 7.14 Å². The Morgan fingerprint density at radius 1 is 0.854 bits per heavy atom. The molecule has 0 radical (unpaired) electrons. The van der Waals surface area contributed by atoms with Crippen molar-refractivity contribution >= 4 is 30.5 Å². The standard InChI is InChI=1S/C33H41N4O3P/c1-25(2)36(26(3)4)21-12-22-41(40,29-16-6-5-7-17-29)24-34-23-28-14-10-13-27(35-28)15-11-20-37-32(38)30-18-8-9-19-31(30)33(37)39/h5-10,13-14,16-19,23,25-26H,11-12,15,20-22,24H2,1-4H3/b34-23+. The van der Waals surface area contributed by atoms with E-state index in [1.54, 1.807) is 30.5 Å². The zero-order valence-electron chi connectivity index (χ0n) is 24.6. The highest BCUT2D eigenvalue weighted by atomic mass is 31.2. The fourth-order valence-electron chi connectivity index (χ4n) is 5.44. The SMILES string of the molecule is CC(C)N(CCCP(=O)(C/N=C/c1cccc(CCCN2C(=O)c3ccccc3C2=O)n1)c1ccccc1)C(C)C. The third-order valence-corrected chi connectivity index (χ3v) is 10.4. The summed E-state index contributed by atoms with van der Waals surface area (Å²) in [6.45, 7) is 10.1. The van der Waals surface area contributed by atoms with Crippen LogP contribution < -0.4 is 5.30 Å². The number of hydrogen-bond acceptors (Lipinski definition) is 6. The summed E-state index contributed by atoms with van der Waals surface area (Å²) in [6, 6.07) is 23.3. The predicted molar refractivity (Wildman–Crippen MR) is 167 cm³/mol. The van der Waals surface area contributed by atoms with Gasteiger partial charge in [-0.2, -0.15) is 0 Å². The molecule has 0 bridgehead atoms. The number of hydrogen-bond donors (Lipinski definition) is 0. The van der Waals surface area contributed by atoms with Crippen LogP contribution in [0.1, 0.15) is 72.6 Å². The summed E-state index contributed by atoms with van der Waals surface area (Å²) in [4.78, 5) is 38.3. The summed E-state index contributed by atoms with van der Waals surface area (Å²) < 4.78 is 14.2. The summed E-state index contributed by atoms with van der Waals surface area (Å²) in [5.74, 6) is -0.466. The molecule has 0 aliphatic carbocycles. The predicted octanol–water partition coefficient (Wildman–Crippen LogP) is 5.88. The van der Waals surface area contributed by atoms with E-state index in [1.165, 1.54) is 4.90 Å². The number of aryl methyl sites for hydroxylation is 1. The van der Waals surface area contributed by atoms with Crippen LogP contribution in [-0.2, 0) is 11.0 Å². The Hall–Kier alpha value is -3.41. The summed E-state index contributed by atoms with van der Waals surface area (Å²) >= 11 is 0. The number of aromatic nitrogens is 1. The minimum atomic E-state index is -2.73. The second kappa shape index (κ2) is 14.0. The van der Waals surface area contributed by atoms with Gasteiger partial charge in [0.1, 0.15) is 7.14 Å². The van der Waals surface area contributed by atoms with E-state index >= 15 is 0 Å². The topological polar surface area (TPSA) is 82.9 Å². The number of aliphatic imine (C=N–C) groups is 1. The second-order valence-corrected chi connectivity index (χ2v) is 14.2. The lowest BCUT2D eigenvalue weighted by molar-refractivity contribution is 0.0652. The molecule has 1 unspecified atom stereocenters. The second-order valence-electron chi connectivity index (χ2n) is 11.1. The average molecular weight is 573 g/mol. The fraction of sp³-hybridized carbons (Fsp3) is 0.394. The van der Waals surface area contributed by atoms with E-state index in [0.29, 0.717) is 54.5 Å². The van der Waals surface area contributed by atoms with Gasteiger partial charge in [0.25, 0.3) is 11.8 Å². The van der Waals surface area contributed by atoms with Crippen molar-refractivity contribution < 1.29 is 14.2 Å². The normalized spacial score (nSPS) is 15.0. The maximum absolute atomic E-state index is 14.2. The lowest BCUT2D eigenvalue weighted by atomic mass is 10.1. The smallest absolute Gasteiger partial charge is 0.261 e. The Labute approximate surface area is 244 Å². The van der Waals surface area contributed by atoms with Crippen molar-refractivity contribution in [2.24, 2.45) is 4.99 Å². The number of carbonyl (C=O) groups is 2. The zero-order valence-corrected chi connectivity index (χ0v) is 25.5. The zero-order chi connectivity index (χ0) is 29.4. The van der Waals surface area contributed by atoms with Gasteiger partial charge in [-0.25, -0.2) is 0 Å². The Balaban J connectivity index is 1.36. The summed E-state index contributed by atoms with van der Waals surface area (Å²) in [5, 5.41) is 0.868. The molecule has 3 aromatic rings. The molecule has 41 heavy (non-hydrogen) atoms. The van der Waals surface area contributed by atoms with E-state index in [2.05, 4.69) is 37.6 Å². The van der Waals surface area contributed by atoms with Crippen LogP contribution in [0.5, 0.6) is 0 Å². The van der Waals surface area contributed by atoms with Gasteiger partial charge in [0.05, 0.1) is 23.1 Å². The van der Waals surface area contributed by atoms with Crippen LogP contribution in [0.25, 0.3) is 0 Å². The lowest BCUT2D eigenvalue weighted by Gasteiger charge is -2.31. The Morgan fingerprint density at radius 3 is 2.12 bits per heavy atom. The van der Waals surface area contributed by atoms with Crippen LogP contribution >= 0.6 is 7.14 Å². The van der Waals surface area contributed by atoms with E-state index in [4.69, 9.17) is 4.98 Å². The molecule has 216 valence electrons. The van der Waals surface area contributed by atoms with E-state index in [-0.39, 0.29) is 18.1 Å². The first-order valence-corrected chi connectivity index (χ1v) is 16.6. The highest BCUT2D eigenvalue weighted by Gasteiger charge is 2.34. The van der Waals surface area contributed by atoms with E-state index in [1.807, 2.05) is 48.5 Å². The van der Waals surface area contributed by atoms with Crippen LogP contribution in [0.2, 0.25) is 0 Å². The van der Waals surface area contributed by atoms with Crippen molar-refractivity contribution in [3.8, 4) is 0 Å². The van der Waals surface area contributed by atoms with Crippen molar-refractivity contribution in [2.45, 2.75) is 59.0 Å². The van der Waals surface area contributed by atoms with Gasteiger partial charge in [0, 0.05) is 42.0 Å². The van der Waals surface area contributed by atoms with E-state index in [9.17, 15) is 14.2 Å². The molecule has 2 heterocycles. The number of benzene rings is 2. The summed E-state index contributed by atoms with van der Waals surface area (Å²) in [7, 11) is -2.73. The van der Waals surface area contributed by atoms with Crippen molar-refractivity contribution in [1.29, 1.82) is 0 Å². The quantitative estimate of drug-likeness (QED) is 0.137. The van der Waals surface area contributed by atoms with Crippen LogP contribution in [0.3, 0.4) is 0 Å². The van der Waals surface area contributed by atoms with Crippen LogP contribution in [0.4, 0.5) is 0 Å². The highest BCUT2D eigenvalue weighted by molar-refractivity contribution is 7.71. The largest absolute Gasteiger partial charge is 0.317 e. The fourth-order valence-corrected chi connectivity index (χ4v) is 7.71. The van der Waals surface area contributed by atoms with Crippen LogP contribution in [0.15, 0.2) is 77.8 Å². The number of fused-ring (bicyclic) bond motifs is 1. The molecule has 4 rings (SSSR count). The van der Waals surface area contributed by atoms with Gasteiger partial charge < -0.3 is 4.57 Å². The minimum Gasteiger partial charge on any atom is -0.317 e. The van der Waals surface area contributed by atoms with E-state index in [0.717, 1.165) is 24.0 Å². The third kappa shape index (κ3) is 7.66. The van der Waals surface area contributed by atoms with Gasteiger partial charge in [0.2, 0.25) is 0 Å². The molecule has 8 heteroatoms. The summed E-state index contributed by atoms with van der Waals surface area (Å²) in [6.07, 6.45) is 4.64. The molecule has 0 N–H and O–H groups in total. The van der Waals surface area contributed by atoms with Gasteiger partial charge in [-0.3, -0.25) is 29.4 Å². The molecule has 2 amide bonds. The minimum absolute atomic E-state index is 0.233. The molecule has 0 spiro atoms. The van der Waals surface area contributed by atoms with Crippen LogP contribution in [-0.4, -0.2) is 70.4 Å². The molecule has 2 aromatic carbocycles. The van der Waals surface area contributed by atoms with Gasteiger partial charge in [0.15, 0.2) is 0 Å². The van der Waals surface area contributed by atoms with Gasteiger partial charge in [-0.1, -0.05) is 48.5 Å². The molecule has 0 fully saturated rings. The molecule has 1 aliphatic rings. The molecular weight excluding hydrogens is 531 g/mol. The average Bonchev–Trinajstić information content (AvgIpc) is 3.20. The van der Waals surface area contributed by atoms with Crippen LogP contribution in [0, 0.1) is 0 Å². The van der Waals surface area contributed by atoms with Gasteiger partial charge in [-0.05, 0) is 77.8 Å². The number of rotatable bonds is 14. The van der Waals surface area contributed by atoms with Gasteiger partial charge in [-0.15, -0.1) is 0 Å². The Kier molecular flexibility index (Phi) is 10.4. The maximum Gasteiger partial charge on any atom is 0.261 e. The highest BCUT2D eigenvalue weighted by Crippen LogP contribution is 2.45. The first-order valence-electron chi connectivity index (χ1n) is 14.5. The molecule has 1 aromatic heterocycles. The van der Waals surface area contributed by atoms with Crippen molar-refractivity contribution in [3.05, 3.63) is 95.3 Å². The molecule has 1 atom stereocenters. The van der Waals surface area contributed by atoms with Crippen molar-refractivity contribution in [3.63, 3.8) is 0 Å². The Bertz CT molecular complexity index is 1380. The van der Waals surface area contributed by atoms with Crippen molar-refractivity contribution in [2.75, 3.05) is 25.5 Å². The molecule has 0 saturated heterocycles. The maximum atomic E-state index is 14.2. The number of nitrogens with zero attached hydrogens (tertiary/aromatic N) is 4. The molecule has 1 aliphatic heterocycles. The molecular formula is C33H41N4O3P. The lowest BCUT2D eigenvalue weighted by Crippen LogP contribution is -2.38. The van der Waals surface area contributed by atoms with Gasteiger partial charge >= 0.3 is 0 Å². The third-order valence-electron chi connectivity index (χ3n) is 7.54. The number of pyridine rings is 1. The number of imide groups is 1. The number of carbonyl (C=O) groups excluding carboxylic acids is 2. The Morgan fingerprint density at radius 2 is 1.49 bits per heavy atom. The first kappa shape index (κ1) is 30.5. The monoisotopic (exact) mass is 572 g/mol. The summed E-state index contributed by atoms with van der Waals surface area (Å²) in [5.41, 5.74) is 2.51.